The van der Waals surface area contributed by atoms with E-state index in [0.29, 0.717) is 17.0 Å². The van der Waals surface area contributed by atoms with Gasteiger partial charge in [0.15, 0.2) is 9.84 Å². The molecule has 1 heterocycles. The normalized spacial score (nSPS) is 21.6. The molecule has 0 spiro atoms. The Morgan fingerprint density at radius 3 is 2.52 bits per heavy atom. The Kier molecular flexibility index (Phi) is 4.90. The van der Waals surface area contributed by atoms with Gasteiger partial charge in [-0.1, -0.05) is 23.2 Å². The molecule has 0 radical (unpaired) electrons. The van der Waals surface area contributed by atoms with Crippen LogP contribution in [0.1, 0.15) is 12.0 Å². The van der Waals surface area contributed by atoms with Crippen LogP contribution >= 0.6 is 23.2 Å². The summed E-state index contributed by atoms with van der Waals surface area (Å²) >= 11 is 11.8. The molecule has 0 aromatic heterocycles. The molecule has 1 saturated heterocycles. The second-order valence-corrected chi connectivity index (χ2v) is 9.93. The third-order valence-corrected chi connectivity index (χ3v) is 7.52. The summed E-state index contributed by atoms with van der Waals surface area (Å²) in [7, 11) is -6.82. The summed E-state index contributed by atoms with van der Waals surface area (Å²) in [5.74, 6) is -0.0692. The first-order chi connectivity index (χ1) is 9.61. The number of nitrogens with one attached hydrogen (secondary N) is 1. The number of rotatable bonds is 4. The lowest BCUT2D eigenvalue weighted by molar-refractivity contribution is 0.543. The molecule has 2 rings (SSSR count). The first-order valence-corrected chi connectivity index (χ1v) is 10.3. The minimum atomic E-state index is -3.79. The third kappa shape index (κ3) is 4.10. The van der Waals surface area contributed by atoms with Gasteiger partial charge in [-0.3, -0.25) is 0 Å². The number of hydrogen-bond acceptors (Lipinski definition) is 4. The Labute approximate surface area is 134 Å². The van der Waals surface area contributed by atoms with Crippen molar-refractivity contribution in [2.45, 2.75) is 18.2 Å². The minimum Gasteiger partial charge on any atom is -0.229 e. The highest BCUT2D eigenvalue weighted by Gasteiger charge is 2.29. The van der Waals surface area contributed by atoms with Gasteiger partial charge in [0.05, 0.1) is 16.5 Å². The van der Waals surface area contributed by atoms with Gasteiger partial charge in [-0.2, -0.15) is 0 Å². The van der Waals surface area contributed by atoms with Gasteiger partial charge in [0.25, 0.3) is 0 Å². The molecule has 9 heteroatoms. The molecule has 1 aromatic carbocycles. The SMILES string of the molecule is Cc1cc(S(=O)(=O)NC[C@H]2CCS(=O)(=O)C2)c(Cl)cc1Cl. The van der Waals surface area contributed by atoms with Gasteiger partial charge in [0, 0.05) is 11.6 Å². The number of benzene rings is 1. The largest absolute Gasteiger partial charge is 0.242 e. The Balaban J connectivity index is 2.14. The van der Waals surface area contributed by atoms with Crippen molar-refractivity contribution in [3.05, 3.63) is 27.7 Å². The van der Waals surface area contributed by atoms with Gasteiger partial charge in [-0.05, 0) is 37.0 Å². The van der Waals surface area contributed by atoms with Crippen LogP contribution < -0.4 is 4.72 Å². The third-order valence-electron chi connectivity index (χ3n) is 3.39. The van der Waals surface area contributed by atoms with Crippen LogP contribution in [-0.2, 0) is 19.9 Å². The van der Waals surface area contributed by atoms with Gasteiger partial charge in [-0.15, -0.1) is 0 Å². The summed E-state index contributed by atoms with van der Waals surface area (Å²) in [6.45, 7) is 1.76. The van der Waals surface area contributed by atoms with E-state index in [2.05, 4.69) is 4.72 Å². The van der Waals surface area contributed by atoms with Crippen LogP contribution in [0.3, 0.4) is 0 Å². The molecule has 1 aliphatic rings. The maximum Gasteiger partial charge on any atom is 0.242 e. The first-order valence-electron chi connectivity index (χ1n) is 6.26. The molecule has 1 atom stereocenters. The Hall–Kier alpha value is -0.340. The van der Waals surface area contributed by atoms with E-state index in [-0.39, 0.29) is 33.9 Å². The van der Waals surface area contributed by atoms with Gasteiger partial charge >= 0.3 is 0 Å². The molecule has 5 nitrogen and oxygen atoms in total. The van der Waals surface area contributed by atoms with Crippen molar-refractivity contribution in [3.63, 3.8) is 0 Å². The van der Waals surface area contributed by atoms with Crippen molar-refractivity contribution < 1.29 is 16.8 Å². The fourth-order valence-corrected chi connectivity index (χ4v) is 5.98. The zero-order valence-corrected chi connectivity index (χ0v) is 14.4. The van der Waals surface area contributed by atoms with Crippen LogP contribution in [0.4, 0.5) is 0 Å². The minimum absolute atomic E-state index is 0.0168. The topological polar surface area (TPSA) is 80.3 Å². The van der Waals surface area contributed by atoms with Crippen LogP contribution in [0.2, 0.25) is 10.0 Å². The fraction of sp³-hybridized carbons (Fsp3) is 0.500. The Bertz CT molecular complexity index is 760. The maximum atomic E-state index is 12.2. The van der Waals surface area contributed by atoms with Crippen LogP contribution in [0, 0.1) is 12.8 Å². The summed E-state index contributed by atoms with van der Waals surface area (Å²) in [6.07, 6.45) is 0.470. The van der Waals surface area contributed by atoms with Crippen LogP contribution in [-0.4, -0.2) is 34.9 Å². The molecule has 0 unspecified atom stereocenters. The average molecular weight is 372 g/mol. The van der Waals surface area contributed by atoms with Crippen LogP contribution in [0.25, 0.3) is 0 Å². The van der Waals surface area contributed by atoms with Gasteiger partial charge < -0.3 is 0 Å². The zero-order valence-electron chi connectivity index (χ0n) is 11.3. The van der Waals surface area contributed by atoms with Crippen molar-refractivity contribution in [1.82, 2.24) is 4.72 Å². The van der Waals surface area contributed by atoms with E-state index in [1.165, 1.54) is 12.1 Å². The van der Waals surface area contributed by atoms with E-state index in [1.807, 2.05) is 0 Å². The quantitative estimate of drug-likeness (QED) is 0.877. The Morgan fingerprint density at radius 2 is 1.95 bits per heavy atom. The summed E-state index contributed by atoms with van der Waals surface area (Å²) < 4.78 is 49.6. The number of sulfonamides is 1. The predicted octanol–water partition coefficient (Wildman–Crippen LogP) is 2.01. The van der Waals surface area contributed by atoms with Gasteiger partial charge in [0.1, 0.15) is 4.90 Å². The molecule has 1 aliphatic heterocycles. The standard InChI is InChI=1S/C12H15Cl2NO4S2/c1-8-4-12(11(14)5-10(8)13)21(18,19)15-6-9-2-3-20(16,17)7-9/h4-5,9,15H,2-3,6-7H2,1H3/t9-/m1/s1. The lowest BCUT2D eigenvalue weighted by atomic mass is 10.1. The predicted molar refractivity (Wildman–Crippen MR) is 83.1 cm³/mol. The van der Waals surface area contributed by atoms with E-state index in [1.54, 1.807) is 6.92 Å². The fourth-order valence-electron chi connectivity index (χ4n) is 2.17. The van der Waals surface area contributed by atoms with Crippen molar-refractivity contribution in [2.24, 2.45) is 5.92 Å². The second-order valence-electron chi connectivity index (χ2n) is 5.15. The molecule has 118 valence electrons. The average Bonchev–Trinajstić information content (AvgIpc) is 2.71. The molecule has 0 saturated carbocycles. The smallest absolute Gasteiger partial charge is 0.229 e. The first kappa shape index (κ1) is 17.0. The van der Waals surface area contributed by atoms with E-state index < -0.39 is 19.9 Å². The monoisotopic (exact) mass is 371 g/mol. The van der Waals surface area contributed by atoms with Crippen molar-refractivity contribution in [3.8, 4) is 0 Å². The summed E-state index contributed by atoms with van der Waals surface area (Å²) in [5, 5.41) is 0.429. The van der Waals surface area contributed by atoms with Crippen molar-refractivity contribution in [2.75, 3.05) is 18.1 Å². The molecule has 1 aromatic rings. The molecule has 0 amide bonds. The van der Waals surface area contributed by atoms with E-state index in [9.17, 15) is 16.8 Å². The number of halogens is 2. The van der Waals surface area contributed by atoms with Gasteiger partial charge in [-0.25, -0.2) is 21.6 Å². The molecule has 21 heavy (non-hydrogen) atoms. The highest BCUT2D eigenvalue weighted by Crippen LogP contribution is 2.28. The maximum absolute atomic E-state index is 12.2. The molecule has 0 aliphatic carbocycles. The summed E-state index contributed by atoms with van der Waals surface area (Å²) in [5.41, 5.74) is 0.602. The highest BCUT2D eigenvalue weighted by atomic mass is 35.5. The molecule has 0 bridgehead atoms. The molecular formula is C12H15Cl2NO4S2. The van der Waals surface area contributed by atoms with E-state index >= 15 is 0 Å². The molecule has 1 N–H and O–H groups in total. The Morgan fingerprint density at radius 1 is 1.29 bits per heavy atom. The number of hydrogen-bond donors (Lipinski definition) is 1. The highest BCUT2D eigenvalue weighted by molar-refractivity contribution is 7.91. The lowest BCUT2D eigenvalue weighted by Crippen LogP contribution is -2.30. The zero-order chi connectivity index (χ0) is 15.8. The van der Waals surface area contributed by atoms with Crippen molar-refractivity contribution in [1.29, 1.82) is 0 Å². The van der Waals surface area contributed by atoms with Crippen LogP contribution in [0.5, 0.6) is 0 Å². The van der Waals surface area contributed by atoms with E-state index in [4.69, 9.17) is 23.2 Å². The second kappa shape index (κ2) is 6.04. The number of aryl methyl sites for hydroxylation is 1. The van der Waals surface area contributed by atoms with Gasteiger partial charge in [0.2, 0.25) is 10.0 Å². The lowest BCUT2D eigenvalue weighted by Gasteiger charge is -2.12. The van der Waals surface area contributed by atoms with E-state index in [0.717, 1.165) is 0 Å². The summed E-state index contributed by atoms with van der Waals surface area (Å²) in [6, 6.07) is 2.78. The van der Waals surface area contributed by atoms with Crippen molar-refractivity contribution >= 4 is 43.1 Å². The molecular weight excluding hydrogens is 357 g/mol. The van der Waals surface area contributed by atoms with Crippen LogP contribution in [0.15, 0.2) is 17.0 Å². The molecule has 1 fully saturated rings. The number of sulfone groups is 1. The summed E-state index contributed by atoms with van der Waals surface area (Å²) in [4.78, 5) is -0.0491.